The van der Waals surface area contributed by atoms with Crippen LogP contribution in [0.1, 0.15) is 19.3 Å². The third-order valence-electron chi connectivity index (χ3n) is 4.84. The summed E-state index contributed by atoms with van der Waals surface area (Å²) in [6, 6.07) is 6.47. The van der Waals surface area contributed by atoms with Crippen LogP contribution in [0, 0.1) is 0 Å². The molecule has 0 amide bonds. The maximum absolute atomic E-state index is 9.77. The Labute approximate surface area is 138 Å². The Morgan fingerprint density at radius 1 is 1.25 bits per heavy atom. The van der Waals surface area contributed by atoms with Gasteiger partial charge >= 0.3 is 0 Å². The summed E-state index contributed by atoms with van der Waals surface area (Å²) in [6.45, 7) is 0. The molecule has 0 unspecified atom stereocenters. The highest BCUT2D eigenvalue weighted by molar-refractivity contribution is 5.91. The maximum atomic E-state index is 9.77. The molecule has 5 rings (SSSR count). The zero-order valence-electron chi connectivity index (χ0n) is 13.0. The first-order valence-electron chi connectivity index (χ1n) is 8.19. The third kappa shape index (κ3) is 1.96. The van der Waals surface area contributed by atoms with Gasteiger partial charge in [-0.1, -0.05) is 6.07 Å². The van der Waals surface area contributed by atoms with Crippen molar-refractivity contribution in [3.05, 3.63) is 43.0 Å². The molecule has 0 saturated heterocycles. The Morgan fingerprint density at radius 2 is 2.17 bits per heavy atom. The average Bonchev–Trinajstić information content (AvgIpc) is 3.18. The number of anilines is 1. The number of hydrogen-bond donors (Lipinski definition) is 3. The Bertz CT molecular complexity index is 1040. The summed E-state index contributed by atoms with van der Waals surface area (Å²) >= 11 is 0. The van der Waals surface area contributed by atoms with Gasteiger partial charge in [-0.2, -0.15) is 0 Å². The van der Waals surface area contributed by atoms with Crippen molar-refractivity contribution in [2.45, 2.75) is 25.3 Å². The summed E-state index contributed by atoms with van der Waals surface area (Å²) in [5.41, 5.74) is 2.85. The van der Waals surface area contributed by atoms with Crippen molar-refractivity contribution in [2.24, 2.45) is 0 Å². The molecule has 0 aliphatic heterocycles. The third-order valence-corrected chi connectivity index (χ3v) is 4.84. The van der Waals surface area contributed by atoms with Crippen LogP contribution in [0.2, 0.25) is 0 Å². The number of benzene rings is 1. The Morgan fingerprint density at radius 3 is 3.00 bits per heavy atom. The van der Waals surface area contributed by atoms with Crippen LogP contribution in [0.25, 0.3) is 27.7 Å². The van der Waals surface area contributed by atoms with Gasteiger partial charge in [-0.15, -0.1) is 0 Å². The predicted octanol–water partition coefficient (Wildman–Crippen LogP) is 3.55. The molecule has 3 aromatic heterocycles. The number of nitrogens with one attached hydrogen (secondary N) is 2. The van der Waals surface area contributed by atoms with Crippen LogP contribution >= 0.6 is 0 Å². The van der Waals surface area contributed by atoms with Crippen molar-refractivity contribution in [1.29, 1.82) is 0 Å². The van der Waals surface area contributed by atoms with Crippen molar-refractivity contribution in [3.8, 4) is 17.1 Å². The fourth-order valence-corrected chi connectivity index (χ4v) is 3.26. The maximum Gasteiger partial charge on any atom is 0.196 e. The highest BCUT2D eigenvalue weighted by Crippen LogP contribution is 2.31. The number of fused-ring (bicyclic) bond motifs is 2. The van der Waals surface area contributed by atoms with Crippen molar-refractivity contribution in [1.82, 2.24) is 19.4 Å². The minimum absolute atomic E-state index is 0.197. The minimum Gasteiger partial charge on any atom is -0.494 e. The number of imidazole rings is 1. The zero-order valence-corrected chi connectivity index (χ0v) is 13.0. The van der Waals surface area contributed by atoms with Crippen LogP contribution in [0.5, 0.6) is 5.88 Å². The summed E-state index contributed by atoms with van der Waals surface area (Å²) in [6.07, 6.45) is 11.1. The lowest BCUT2D eigenvalue weighted by Crippen LogP contribution is -2.27. The second-order valence-corrected chi connectivity index (χ2v) is 6.32. The molecule has 1 aliphatic rings. The minimum atomic E-state index is 0.197. The molecular formula is C18H17N5O. The van der Waals surface area contributed by atoms with Gasteiger partial charge in [0, 0.05) is 41.0 Å². The number of aromatic hydroxyl groups is 1. The van der Waals surface area contributed by atoms with E-state index in [1.54, 1.807) is 12.4 Å². The molecule has 1 fully saturated rings. The summed E-state index contributed by atoms with van der Waals surface area (Å²) in [5, 5.41) is 15.0. The predicted molar refractivity (Wildman–Crippen MR) is 93.2 cm³/mol. The number of H-pyrrole nitrogens is 1. The number of nitrogens with zero attached hydrogens (tertiary/aromatic N) is 3. The van der Waals surface area contributed by atoms with Gasteiger partial charge in [-0.05, 0) is 31.4 Å². The number of rotatable bonds is 3. The van der Waals surface area contributed by atoms with Crippen LogP contribution < -0.4 is 5.32 Å². The molecule has 3 N–H and O–H groups in total. The van der Waals surface area contributed by atoms with E-state index in [0.717, 1.165) is 33.5 Å². The summed E-state index contributed by atoms with van der Waals surface area (Å²) in [7, 11) is 0. The van der Waals surface area contributed by atoms with E-state index in [1.807, 2.05) is 30.6 Å². The normalized spacial score (nSPS) is 15.0. The molecule has 1 aliphatic carbocycles. The fraction of sp³-hybridized carbons (Fsp3) is 0.222. The van der Waals surface area contributed by atoms with Crippen LogP contribution in [-0.2, 0) is 0 Å². The number of aromatic amines is 1. The summed E-state index contributed by atoms with van der Waals surface area (Å²) in [5.74, 6) is 1.04. The zero-order chi connectivity index (χ0) is 16.1. The molecule has 24 heavy (non-hydrogen) atoms. The highest BCUT2D eigenvalue weighted by atomic mass is 16.3. The van der Waals surface area contributed by atoms with Gasteiger partial charge in [-0.3, -0.25) is 4.40 Å². The molecule has 1 aromatic carbocycles. The molecule has 0 atom stereocenters. The molecule has 0 radical (unpaired) electrons. The largest absolute Gasteiger partial charge is 0.494 e. The van der Waals surface area contributed by atoms with E-state index in [9.17, 15) is 5.11 Å². The van der Waals surface area contributed by atoms with Gasteiger partial charge in [0.25, 0.3) is 0 Å². The molecule has 6 nitrogen and oxygen atoms in total. The van der Waals surface area contributed by atoms with Crippen LogP contribution in [-0.4, -0.2) is 30.5 Å². The van der Waals surface area contributed by atoms with Crippen molar-refractivity contribution < 1.29 is 5.11 Å². The highest BCUT2D eigenvalue weighted by Gasteiger charge is 2.19. The van der Waals surface area contributed by atoms with E-state index < -0.39 is 0 Å². The van der Waals surface area contributed by atoms with E-state index in [-0.39, 0.29) is 5.88 Å². The van der Waals surface area contributed by atoms with E-state index in [1.165, 1.54) is 19.3 Å². The van der Waals surface area contributed by atoms with Gasteiger partial charge in [-0.25, -0.2) is 9.97 Å². The standard InChI is InChI=1S/C18H17N5O/c24-18-14-5-4-11(8-12(14)9-21-18)15-10-20-16(22-13-2-1-3-13)17-19-6-7-23(15)17/h4-10,13,21,24H,1-3H2,(H,20,22). The molecular weight excluding hydrogens is 302 g/mol. The monoisotopic (exact) mass is 319 g/mol. The van der Waals surface area contributed by atoms with Crippen LogP contribution in [0.15, 0.2) is 43.0 Å². The molecule has 4 aromatic rings. The van der Waals surface area contributed by atoms with Crippen molar-refractivity contribution in [3.63, 3.8) is 0 Å². The van der Waals surface area contributed by atoms with Gasteiger partial charge in [0.2, 0.25) is 0 Å². The van der Waals surface area contributed by atoms with Gasteiger partial charge in [0.15, 0.2) is 17.3 Å². The Hall–Kier alpha value is -3.02. The topological polar surface area (TPSA) is 78.2 Å². The van der Waals surface area contributed by atoms with Gasteiger partial charge < -0.3 is 15.4 Å². The lowest BCUT2D eigenvalue weighted by atomic mass is 9.93. The van der Waals surface area contributed by atoms with E-state index in [0.29, 0.717) is 6.04 Å². The number of hydrogen-bond acceptors (Lipinski definition) is 4. The summed E-state index contributed by atoms with van der Waals surface area (Å²) < 4.78 is 2.06. The van der Waals surface area contributed by atoms with Gasteiger partial charge in [0.1, 0.15) is 0 Å². The van der Waals surface area contributed by atoms with Crippen LogP contribution in [0.4, 0.5) is 5.82 Å². The first-order valence-corrected chi connectivity index (χ1v) is 8.19. The van der Waals surface area contributed by atoms with Gasteiger partial charge in [0.05, 0.1) is 11.9 Å². The van der Waals surface area contributed by atoms with E-state index >= 15 is 0 Å². The average molecular weight is 319 g/mol. The lowest BCUT2D eigenvalue weighted by Gasteiger charge is -2.27. The Kier molecular flexibility index (Phi) is 2.79. The SMILES string of the molecule is Oc1[nH]cc2cc(-c3cnc(NC4CCC4)c4nccn34)ccc12. The van der Waals surface area contributed by atoms with Crippen molar-refractivity contribution in [2.75, 3.05) is 5.32 Å². The molecule has 6 heteroatoms. The molecule has 1 saturated carbocycles. The molecule has 120 valence electrons. The quantitative estimate of drug-likeness (QED) is 0.539. The molecule has 3 heterocycles. The first-order chi connectivity index (χ1) is 11.8. The summed E-state index contributed by atoms with van der Waals surface area (Å²) in [4.78, 5) is 11.9. The second kappa shape index (κ2) is 4.99. The molecule has 0 spiro atoms. The smallest absolute Gasteiger partial charge is 0.196 e. The van der Waals surface area contributed by atoms with Crippen LogP contribution in [0.3, 0.4) is 0 Å². The second-order valence-electron chi connectivity index (χ2n) is 6.32. The molecule has 0 bridgehead atoms. The fourth-order valence-electron chi connectivity index (χ4n) is 3.26. The van der Waals surface area contributed by atoms with E-state index in [2.05, 4.69) is 24.7 Å². The lowest BCUT2D eigenvalue weighted by molar-refractivity contribution is 0.444. The first kappa shape index (κ1) is 13.4. The van der Waals surface area contributed by atoms with Crippen molar-refractivity contribution >= 4 is 22.2 Å². The number of aromatic nitrogens is 4. The Balaban J connectivity index is 1.63. The van der Waals surface area contributed by atoms with E-state index in [4.69, 9.17) is 0 Å².